The summed E-state index contributed by atoms with van der Waals surface area (Å²) >= 11 is 0. The van der Waals surface area contributed by atoms with Crippen LogP contribution < -0.4 is 30.1 Å². The molecular formula is C50H52F2N10O7S. The molecule has 0 aliphatic carbocycles. The lowest BCUT2D eigenvalue weighted by molar-refractivity contribution is -0.136. The molecule has 364 valence electrons. The van der Waals surface area contributed by atoms with Crippen LogP contribution >= 0.6 is 0 Å². The van der Waals surface area contributed by atoms with Gasteiger partial charge in [-0.3, -0.25) is 38.7 Å². The summed E-state index contributed by atoms with van der Waals surface area (Å²) < 4.78 is 65.3. The Hall–Kier alpha value is -6.95. The fourth-order valence-corrected chi connectivity index (χ4v) is 11.9. The number of hydrogen-bond donors (Lipinski definition) is 2. The van der Waals surface area contributed by atoms with Crippen LogP contribution in [0.2, 0.25) is 0 Å². The molecule has 5 aliphatic heterocycles. The number of piperidine rings is 2. The summed E-state index contributed by atoms with van der Waals surface area (Å²) in [6, 6.07) is 21.3. The second-order valence-corrected chi connectivity index (χ2v) is 20.8. The number of carbonyl (C=O) groups excluding carboxylic acids is 3. The van der Waals surface area contributed by atoms with Gasteiger partial charge in [-0.15, -0.1) is 0 Å². The number of fused-ring (bicyclic) bond motifs is 2. The van der Waals surface area contributed by atoms with Crippen LogP contribution in [0, 0.1) is 23.1 Å². The Kier molecular flexibility index (Phi) is 12.3. The monoisotopic (exact) mass is 974 g/mol. The van der Waals surface area contributed by atoms with E-state index >= 15 is 4.39 Å². The van der Waals surface area contributed by atoms with Gasteiger partial charge in [0.15, 0.2) is 11.6 Å². The molecule has 0 saturated carbocycles. The molecule has 2 atom stereocenters. The maximum Gasteiger partial charge on any atom is 0.301 e. The standard InChI is InChI=1S/C50H52F2N10O7S/c1-50(2,59-23-21-58(22-24-59)36-7-9-38-31(25-36)28-61(48(38)65)44-13-14-45(63)55-47(44)64)32-15-18-57(19-16-32)34-3-5-35(6-4-34)62-30-54-42-11-8-37(26-39(42)49(62)66)69-46-40(27-53)43(12-10-41(46)52)56-70(67,68)60-20-17-33(51)29-60/h3-12,25-26,30,32-33,44,56H,13-24,28-29H2,1-2H3,(H,55,63,64)/t33-,44+/m1/s1. The molecular weight excluding hydrogens is 923 g/mol. The first-order chi connectivity index (χ1) is 33.6. The summed E-state index contributed by atoms with van der Waals surface area (Å²) in [5.41, 5.74) is 3.45. The first-order valence-corrected chi connectivity index (χ1v) is 25.0. The lowest BCUT2D eigenvalue weighted by Gasteiger charge is -2.50. The molecule has 6 heterocycles. The van der Waals surface area contributed by atoms with Crippen LogP contribution in [0.5, 0.6) is 11.5 Å². The van der Waals surface area contributed by atoms with Crippen LogP contribution in [0.3, 0.4) is 0 Å². The Morgan fingerprint density at radius 3 is 2.26 bits per heavy atom. The predicted octanol–water partition coefficient (Wildman–Crippen LogP) is 5.47. The minimum atomic E-state index is -4.24. The number of nitrogens with one attached hydrogen (secondary N) is 2. The van der Waals surface area contributed by atoms with E-state index in [1.807, 2.05) is 42.5 Å². The third kappa shape index (κ3) is 8.81. The zero-order chi connectivity index (χ0) is 49.1. The van der Waals surface area contributed by atoms with Crippen molar-refractivity contribution in [1.82, 2.24) is 29.0 Å². The number of imide groups is 1. The minimum absolute atomic E-state index is 0.0148. The summed E-state index contributed by atoms with van der Waals surface area (Å²) in [5, 5.41) is 12.5. The van der Waals surface area contributed by atoms with Gasteiger partial charge in [-0.25, -0.2) is 13.8 Å². The highest BCUT2D eigenvalue weighted by atomic mass is 32.2. The third-order valence-electron chi connectivity index (χ3n) is 14.8. The van der Waals surface area contributed by atoms with E-state index in [1.54, 1.807) is 4.90 Å². The number of aromatic nitrogens is 2. The van der Waals surface area contributed by atoms with Gasteiger partial charge >= 0.3 is 10.2 Å². The number of anilines is 3. The van der Waals surface area contributed by atoms with Crippen molar-refractivity contribution in [3.8, 4) is 23.3 Å². The molecule has 1 aromatic heterocycles. The lowest BCUT2D eigenvalue weighted by atomic mass is 9.78. The van der Waals surface area contributed by atoms with E-state index in [9.17, 15) is 37.2 Å². The van der Waals surface area contributed by atoms with Gasteiger partial charge < -0.3 is 19.4 Å². The van der Waals surface area contributed by atoms with E-state index in [-0.39, 0.29) is 60.1 Å². The average molecular weight is 975 g/mol. The molecule has 0 radical (unpaired) electrons. The summed E-state index contributed by atoms with van der Waals surface area (Å²) in [6.45, 7) is 9.90. The molecule has 2 N–H and O–H groups in total. The maximum absolute atomic E-state index is 15.2. The Morgan fingerprint density at radius 1 is 0.843 bits per heavy atom. The molecule has 4 fully saturated rings. The highest BCUT2D eigenvalue weighted by Gasteiger charge is 2.41. The topological polar surface area (TPSA) is 194 Å². The van der Waals surface area contributed by atoms with E-state index in [4.69, 9.17) is 4.74 Å². The number of carbonyl (C=O) groups is 3. The number of halogens is 2. The van der Waals surface area contributed by atoms with Crippen molar-refractivity contribution in [3.05, 3.63) is 112 Å². The molecule has 4 saturated heterocycles. The van der Waals surface area contributed by atoms with Gasteiger partial charge in [0.25, 0.3) is 11.5 Å². The number of ether oxygens (including phenoxy) is 1. The van der Waals surface area contributed by atoms with Crippen molar-refractivity contribution < 1.29 is 36.3 Å². The second kappa shape index (κ2) is 18.4. The normalized spacial score (nSPS) is 20.7. The predicted molar refractivity (Wildman–Crippen MR) is 257 cm³/mol. The molecule has 17 nitrogen and oxygen atoms in total. The highest BCUT2D eigenvalue weighted by molar-refractivity contribution is 7.90. The number of rotatable bonds is 11. The molecule has 0 unspecified atom stereocenters. The van der Waals surface area contributed by atoms with Crippen LogP contribution in [-0.4, -0.2) is 120 Å². The Labute approximate surface area is 403 Å². The molecule has 70 heavy (non-hydrogen) atoms. The van der Waals surface area contributed by atoms with Gasteiger partial charge in [-0.2, -0.15) is 18.0 Å². The van der Waals surface area contributed by atoms with Crippen molar-refractivity contribution in [2.24, 2.45) is 5.92 Å². The zero-order valence-electron chi connectivity index (χ0n) is 38.7. The first-order valence-electron chi connectivity index (χ1n) is 23.5. The van der Waals surface area contributed by atoms with Gasteiger partial charge in [0, 0.05) is 87.8 Å². The summed E-state index contributed by atoms with van der Waals surface area (Å²) in [5.74, 6) is -1.88. The number of alkyl halides is 1. The van der Waals surface area contributed by atoms with Gasteiger partial charge in [0.1, 0.15) is 35.9 Å². The molecule has 20 heteroatoms. The summed E-state index contributed by atoms with van der Waals surface area (Å²) in [7, 11) is -4.24. The van der Waals surface area contributed by atoms with E-state index in [2.05, 4.69) is 49.6 Å². The van der Waals surface area contributed by atoms with E-state index in [1.165, 1.54) is 29.1 Å². The molecule has 4 aromatic carbocycles. The molecule has 0 spiro atoms. The summed E-state index contributed by atoms with van der Waals surface area (Å²) in [6.07, 6.45) is 2.74. The van der Waals surface area contributed by atoms with Crippen LogP contribution in [0.15, 0.2) is 83.9 Å². The van der Waals surface area contributed by atoms with Gasteiger partial charge in [0.2, 0.25) is 11.8 Å². The van der Waals surface area contributed by atoms with Crippen molar-refractivity contribution in [3.63, 3.8) is 0 Å². The van der Waals surface area contributed by atoms with Crippen LogP contribution in [0.4, 0.5) is 25.8 Å². The molecule has 10 rings (SSSR count). The molecule has 3 amide bonds. The number of amides is 3. The van der Waals surface area contributed by atoms with Gasteiger partial charge in [-0.05, 0) is 124 Å². The SMILES string of the molecule is CC(C)(C1CCN(c2ccc(-n3cnc4ccc(Oc5c(F)ccc(NS(=O)(=O)N6CC[C@@H](F)C6)c5C#N)cc4c3=O)cc2)CC1)N1CCN(c2ccc3c(c2)CN([C@H]2CCC(=O)NC2=O)C3=O)CC1. The van der Waals surface area contributed by atoms with Gasteiger partial charge in [0.05, 0.1) is 22.3 Å². The number of piperazine rings is 1. The number of hydrogen-bond acceptors (Lipinski definition) is 12. The zero-order valence-corrected chi connectivity index (χ0v) is 39.6. The Balaban J connectivity index is 0.755. The van der Waals surface area contributed by atoms with Crippen molar-refractivity contribution in [2.45, 2.75) is 70.2 Å². The van der Waals surface area contributed by atoms with Crippen LogP contribution in [-0.2, 0) is 26.3 Å². The summed E-state index contributed by atoms with van der Waals surface area (Å²) in [4.78, 5) is 64.8. The average Bonchev–Trinajstić information content (AvgIpc) is 3.95. The van der Waals surface area contributed by atoms with Crippen LogP contribution in [0.25, 0.3) is 16.6 Å². The third-order valence-corrected chi connectivity index (χ3v) is 16.3. The Bertz CT molecular complexity index is 3130. The molecule has 5 aromatic rings. The smallest absolute Gasteiger partial charge is 0.301 e. The Morgan fingerprint density at radius 2 is 1.56 bits per heavy atom. The fraction of sp³-hybridized carbons (Fsp3) is 0.400. The van der Waals surface area contributed by atoms with E-state index < -0.39 is 51.0 Å². The van der Waals surface area contributed by atoms with E-state index in [0.29, 0.717) is 35.7 Å². The lowest BCUT2D eigenvalue weighted by Crippen LogP contribution is -2.59. The molecule has 5 aliphatic rings. The van der Waals surface area contributed by atoms with E-state index in [0.717, 1.165) is 85.5 Å². The highest BCUT2D eigenvalue weighted by Crippen LogP contribution is 2.38. The first kappa shape index (κ1) is 46.8. The van der Waals surface area contributed by atoms with Gasteiger partial charge in [-0.1, -0.05) is 0 Å². The van der Waals surface area contributed by atoms with Crippen molar-refractivity contribution >= 4 is 55.9 Å². The minimum Gasteiger partial charge on any atom is -0.453 e. The maximum atomic E-state index is 15.2. The number of nitriles is 1. The van der Waals surface area contributed by atoms with Crippen molar-refractivity contribution in [1.29, 1.82) is 5.26 Å². The number of nitrogens with zero attached hydrogens (tertiary/aromatic N) is 8. The molecule has 0 bridgehead atoms. The quantitative estimate of drug-likeness (QED) is 0.159. The number of benzene rings is 4. The second-order valence-electron chi connectivity index (χ2n) is 19.1. The fourth-order valence-electron chi connectivity index (χ4n) is 10.7. The largest absolute Gasteiger partial charge is 0.453 e. The van der Waals surface area contributed by atoms with Crippen molar-refractivity contribution in [2.75, 3.05) is 66.9 Å². The van der Waals surface area contributed by atoms with Crippen LogP contribution in [0.1, 0.15) is 67.4 Å².